The molecule has 0 aliphatic carbocycles. The van der Waals surface area contributed by atoms with E-state index in [1.165, 1.54) is 41.1 Å². The number of benzene rings is 2. The topological polar surface area (TPSA) is 109 Å². The summed E-state index contributed by atoms with van der Waals surface area (Å²) in [6, 6.07) is 12.9. The molecule has 0 radical (unpaired) electrons. The van der Waals surface area contributed by atoms with Crippen LogP contribution in [0.5, 0.6) is 0 Å². The van der Waals surface area contributed by atoms with Gasteiger partial charge in [-0.25, -0.2) is 8.42 Å². The lowest BCUT2D eigenvalue weighted by Crippen LogP contribution is -2.40. The number of morpholine rings is 1. The van der Waals surface area contributed by atoms with Crippen molar-refractivity contribution in [3.8, 4) is 0 Å². The third-order valence-corrected chi connectivity index (χ3v) is 7.88. The molecule has 176 valence electrons. The summed E-state index contributed by atoms with van der Waals surface area (Å²) in [6.07, 6.45) is 3.57. The number of amides is 2. The first-order valence-electron chi connectivity index (χ1n) is 10.9. The van der Waals surface area contributed by atoms with E-state index in [-0.39, 0.29) is 16.7 Å². The number of ether oxygens (including phenoxy) is 1. The van der Waals surface area contributed by atoms with Crippen LogP contribution in [0, 0.1) is 0 Å². The molecule has 1 fully saturated rings. The quantitative estimate of drug-likeness (QED) is 0.600. The Kier molecular flexibility index (Phi) is 5.94. The monoisotopic (exact) mass is 481 g/mol. The van der Waals surface area contributed by atoms with E-state index in [1.54, 1.807) is 17.0 Å². The minimum absolute atomic E-state index is 0.128. The van der Waals surface area contributed by atoms with Gasteiger partial charge >= 0.3 is 0 Å². The van der Waals surface area contributed by atoms with Crippen molar-refractivity contribution in [2.45, 2.75) is 11.3 Å². The van der Waals surface area contributed by atoms with E-state index in [2.05, 4.69) is 5.32 Å². The highest BCUT2D eigenvalue weighted by molar-refractivity contribution is 7.89. The Bertz CT molecular complexity index is 1310. The molecule has 1 saturated heterocycles. The number of hydrogen-bond acceptors (Lipinski definition) is 6. The molecule has 0 saturated carbocycles. The van der Waals surface area contributed by atoms with Crippen LogP contribution in [0.4, 0.5) is 11.4 Å². The lowest BCUT2D eigenvalue weighted by molar-refractivity contribution is 0.0730. The fourth-order valence-corrected chi connectivity index (χ4v) is 5.56. The van der Waals surface area contributed by atoms with Gasteiger partial charge in [0.05, 0.1) is 29.9 Å². The van der Waals surface area contributed by atoms with Gasteiger partial charge in [-0.3, -0.25) is 9.59 Å². The van der Waals surface area contributed by atoms with Crippen molar-refractivity contribution in [3.05, 3.63) is 77.7 Å². The number of nitrogens with zero attached hydrogens (tertiary/aromatic N) is 2. The fourth-order valence-electron chi connectivity index (χ4n) is 4.15. The van der Waals surface area contributed by atoms with E-state index < -0.39 is 10.0 Å². The number of carbonyl (C=O) groups is 2. The predicted molar refractivity (Wildman–Crippen MR) is 125 cm³/mol. The van der Waals surface area contributed by atoms with E-state index in [1.807, 2.05) is 12.1 Å². The Morgan fingerprint density at radius 3 is 2.38 bits per heavy atom. The van der Waals surface area contributed by atoms with E-state index in [4.69, 9.17) is 9.15 Å². The molecule has 9 nitrogen and oxygen atoms in total. The largest absolute Gasteiger partial charge is 0.472 e. The first-order valence-corrected chi connectivity index (χ1v) is 12.3. The first kappa shape index (κ1) is 22.3. The van der Waals surface area contributed by atoms with Crippen molar-refractivity contribution in [2.75, 3.05) is 43.1 Å². The highest BCUT2D eigenvalue weighted by atomic mass is 32.2. The summed E-state index contributed by atoms with van der Waals surface area (Å²) in [5, 5.41) is 2.85. The zero-order valence-corrected chi connectivity index (χ0v) is 19.1. The smallest absolute Gasteiger partial charge is 0.261 e. The summed E-state index contributed by atoms with van der Waals surface area (Å²) in [5.74, 6) is -0.476. The van der Waals surface area contributed by atoms with E-state index in [0.717, 1.165) is 11.3 Å². The minimum atomic E-state index is -3.62. The number of hydrogen-bond donors (Lipinski definition) is 1. The van der Waals surface area contributed by atoms with Gasteiger partial charge in [-0.2, -0.15) is 4.31 Å². The SMILES string of the molecule is O=C(Nc1ccc2c(c1)CCN2C(=O)c1ccoc1)c1ccc(S(=O)(=O)N2CCOCC2)cc1. The van der Waals surface area contributed by atoms with E-state index in [0.29, 0.717) is 56.1 Å². The summed E-state index contributed by atoms with van der Waals surface area (Å²) in [7, 11) is -3.62. The molecule has 0 atom stereocenters. The van der Waals surface area contributed by atoms with Crippen LogP contribution in [0.1, 0.15) is 26.3 Å². The molecule has 1 aromatic heterocycles. The highest BCUT2D eigenvalue weighted by Gasteiger charge is 2.28. The second-order valence-corrected chi connectivity index (χ2v) is 10.00. The molecule has 3 heterocycles. The molecule has 34 heavy (non-hydrogen) atoms. The van der Waals surface area contributed by atoms with E-state index in [9.17, 15) is 18.0 Å². The maximum Gasteiger partial charge on any atom is 0.261 e. The lowest BCUT2D eigenvalue weighted by atomic mass is 10.1. The Morgan fingerprint density at radius 2 is 1.68 bits per heavy atom. The third kappa shape index (κ3) is 4.23. The van der Waals surface area contributed by atoms with Crippen molar-refractivity contribution in [2.24, 2.45) is 0 Å². The molecule has 1 N–H and O–H groups in total. The minimum Gasteiger partial charge on any atom is -0.472 e. The second kappa shape index (κ2) is 9.05. The number of sulfonamides is 1. The zero-order valence-electron chi connectivity index (χ0n) is 18.3. The number of furan rings is 1. The molecule has 2 aliphatic heterocycles. The van der Waals surface area contributed by atoms with Crippen LogP contribution >= 0.6 is 0 Å². The number of anilines is 2. The van der Waals surface area contributed by atoms with Gasteiger partial charge in [0.2, 0.25) is 10.0 Å². The molecule has 10 heteroatoms. The van der Waals surface area contributed by atoms with Crippen LogP contribution in [-0.4, -0.2) is 57.4 Å². The molecule has 2 amide bonds. The molecule has 3 aromatic rings. The molecule has 0 bridgehead atoms. The average Bonchev–Trinajstić information content (AvgIpc) is 3.54. The van der Waals surface area contributed by atoms with Crippen molar-refractivity contribution < 1.29 is 27.2 Å². The molecule has 5 rings (SSSR count). The first-order chi connectivity index (χ1) is 16.4. The Balaban J connectivity index is 1.27. The molecule has 2 aromatic carbocycles. The Hall–Kier alpha value is -3.47. The summed E-state index contributed by atoms with van der Waals surface area (Å²) < 4.78 is 37.1. The number of rotatable bonds is 5. The van der Waals surface area contributed by atoms with Crippen LogP contribution in [0.25, 0.3) is 0 Å². The van der Waals surface area contributed by atoms with Crippen LogP contribution in [0.2, 0.25) is 0 Å². The maximum atomic E-state index is 12.8. The maximum absolute atomic E-state index is 12.8. The summed E-state index contributed by atoms with van der Waals surface area (Å²) in [6.45, 7) is 1.92. The number of fused-ring (bicyclic) bond motifs is 1. The molecular weight excluding hydrogens is 458 g/mol. The molecule has 0 spiro atoms. The van der Waals surface area contributed by atoms with Gasteiger partial charge in [-0.05, 0) is 60.5 Å². The van der Waals surface area contributed by atoms with Crippen molar-refractivity contribution in [1.29, 1.82) is 0 Å². The van der Waals surface area contributed by atoms with Crippen molar-refractivity contribution >= 4 is 33.2 Å². The summed E-state index contributed by atoms with van der Waals surface area (Å²) >= 11 is 0. The van der Waals surface area contributed by atoms with Crippen LogP contribution in [0.15, 0.2) is 70.4 Å². The van der Waals surface area contributed by atoms with Crippen LogP contribution in [-0.2, 0) is 21.2 Å². The second-order valence-electron chi connectivity index (χ2n) is 8.06. The van der Waals surface area contributed by atoms with Gasteiger partial charge in [0, 0.05) is 36.6 Å². The highest BCUT2D eigenvalue weighted by Crippen LogP contribution is 2.32. The van der Waals surface area contributed by atoms with Gasteiger partial charge in [0.15, 0.2) is 0 Å². The zero-order chi connectivity index (χ0) is 23.7. The molecule has 0 unspecified atom stereocenters. The van der Waals surface area contributed by atoms with Crippen LogP contribution in [0.3, 0.4) is 0 Å². The van der Waals surface area contributed by atoms with Gasteiger partial charge in [0.25, 0.3) is 11.8 Å². The number of carbonyl (C=O) groups excluding carboxylic acids is 2. The Morgan fingerprint density at radius 1 is 0.912 bits per heavy atom. The van der Waals surface area contributed by atoms with Gasteiger partial charge in [-0.1, -0.05) is 0 Å². The normalized spacial score (nSPS) is 16.3. The standard InChI is InChI=1S/C24H23N3O6S/c28-23(17-1-4-21(5-2-17)34(30,31)26-10-13-32-14-11-26)25-20-3-6-22-18(15-20)7-9-27(22)24(29)19-8-12-33-16-19/h1-6,8,12,15-16H,7,9-11,13-14H2,(H,25,28). The van der Waals surface area contributed by atoms with Crippen molar-refractivity contribution in [3.63, 3.8) is 0 Å². The Labute approximate surface area is 197 Å². The average molecular weight is 482 g/mol. The van der Waals surface area contributed by atoms with Crippen molar-refractivity contribution in [1.82, 2.24) is 4.31 Å². The van der Waals surface area contributed by atoms with Gasteiger partial charge < -0.3 is 19.4 Å². The van der Waals surface area contributed by atoms with E-state index >= 15 is 0 Å². The molecular formula is C24H23N3O6S. The predicted octanol–water partition coefficient (Wildman–Crippen LogP) is 2.76. The van der Waals surface area contributed by atoms with Gasteiger partial charge in [-0.15, -0.1) is 0 Å². The lowest BCUT2D eigenvalue weighted by Gasteiger charge is -2.26. The fraction of sp³-hybridized carbons (Fsp3) is 0.250. The summed E-state index contributed by atoms with van der Waals surface area (Å²) in [4.78, 5) is 27.2. The van der Waals surface area contributed by atoms with Crippen LogP contribution < -0.4 is 10.2 Å². The van der Waals surface area contributed by atoms with Gasteiger partial charge in [0.1, 0.15) is 6.26 Å². The number of nitrogens with one attached hydrogen (secondary N) is 1. The molecule has 2 aliphatic rings. The third-order valence-electron chi connectivity index (χ3n) is 5.97. The summed E-state index contributed by atoms with van der Waals surface area (Å²) in [5.41, 5.74) is 3.21.